The van der Waals surface area contributed by atoms with Crippen LogP contribution >= 0.6 is 11.6 Å². The van der Waals surface area contributed by atoms with Gasteiger partial charge in [-0.15, -0.1) is 0 Å². The van der Waals surface area contributed by atoms with E-state index in [9.17, 15) is 4.79 Å². The molecule has 0 radical (unpaired) electrons. The Morgan fingerprint density at radius 2 is 2.10 bits per heavy atom. The van der Waals surface area contributed by atoms with E-state index in [4.69, 9.17) is 16.7 Å². The number of Topliss-reactive ketones (excluding diaryl/α,β-unsaturated/α-hetero) is 1. The molecule has 1 rings (SSSR count). The van der Waals surface area contributed by atoms with E-state index in [1.165, 1.54) is 0 Å². The first-order chi connectivity index (χ1) is 4.55. The molecule has 1 atom stereocenters. The first kappa shape index (κ1) is 7.57. The second kappa shape index (κ2) is 2.25. The van der Waals surface area contributed by atoms with Crippen LogP contribution < -0.4 is 0 Å². The molecule has 0 fully saturated rings. The van der Waals surface area contributed by atoms with Gasteiger partial charge in [-0.25, -0.2) is 0 Å². The SMILES string of the molecule is CN(C)C1=C(Cl)C(=O)C1O. The summed E-state index contributed by atoms with van der Waals surface area (Å²) in [5.41, 5.74) is 0.506. The molecule has 0 aromatic heterocycles. The minimum Gasteiger partial charge on any atom is -0.379 e. The molecule has 0 aromatic carbocycles. The average Bonchev–Trinajstić information content (AvgIpc) is 1.87. The van der Waals surface area contributed by atoms with E-state index >= 15 is 0 Å². The van der Waals surface area contributed by atoms with E-state index in [2.05, 4.69) is 0 Å². The molecule has 1 N–H and O–H groups in total. The van der Waals surface area contributed by atoms with Crippen LogP contribution in [0.15, 0.2) is 10.7 Å². The summed E-state index contributed by atoms with van der Waals surface area (Å²) in [6, 6.07) is 0. The van der Waals surface area contributed by atoms with Crippen molar-refractivity contribution in [2.45, 2.75) is 6.10 Å². The van der Waals surface area contributed by atoms with Crippen LogP contribution in [0.4, 0.5) is 0 Å². The maximum Gasteiger partial charge on any atom is 0.210 e. The van der Waals surface area contributed by atoms with Gasteiger partial charge in [0.05, 0.1) is 5.70 Å². The summed E-state index contributed by atoms with van der Waals surface area (Å²) in [7, 11) is 3.46. The minimum atomic E-state index is -0.998. The van der Waals surface area contributed by atoms with Gasteiger partial charge in [-0.05, 0) is 0 Å². The van der Waals surface area contributed by atoms with Gasteiger partial charge in [0.2, 0.25) is 5.78 Å². The molecule has 4 heteroatoms. The van der Waals surface area contributed by atoms with Crippen LogP contribution in [0, 0.1) is 0 Å². The highest BCUT2D eigenvalue weighted by molar-refractivity contribution is 6.46. The lowest BCUT2D eigenvalue weighted by atomic mass is 9.99. The van der Waals surface area contributed by atoms with Crippen LogP contribution in [-0.2, 0) is 4.79 Å². The molecular weight excluding hydrogens is 154 g/mol. The van der Waals surface area contributed by atoms with Crippen molar-refractivity contribution in [2.24, 2.45) is 0 Å². The molecule has 0 spiro atoms. The van der Waals surface area contributed by atoms with Gasteiger partial charge in [-0.3, -0.25) is 4.79 Å². The third kappa shape index (κ3) is 0.822. The zero-order chi connectivity index (χ0) is 7.89. The summed E-state index contributed by atoms with van der Waals surface area (Å²) < 4.78 is 0. The van der Waals surface area contributed by atoms with Crippen LogP contribution in [-0.4, -0.2) is 36.0 Å². The number of likely N-dealkylation sites (N-methyl/N-ethyl adjacent to an activating group) is 1. The first-order valence-electron chi connectivity index (χ1n) is 2.85. The van der Waals surface area contributed by atoms with E-state index in [0.29, 0.717) is 5.70 Å². The van der Waals surface area contributed by atoms with Gasteiger partial charge in [0.15, 0.2) is 6.10 Å². The zero-order valence-corrected chi connectivity index (χ0v) is 6.51. The molecule has 1 unspecified atom stereocenters. The zero-order valence-electron chi connectivity index (χ0n) is 5.76. The monoisotopic (exact) mass is 161 g/mol. The number of nitrogens with zero attached hydrogens (tertiary/aromatic N) is 1. The first-order valence-corrected chi connectivity index (χ1v) is 3.22. The molecule has 10 heavy (non-hydrogen) atoms. The number of aliphatic hydroxyl groups is 1. The van der Waals surface area contributed by atoms with Crippen LogP contribution in [0.25, 0.3) is 0 Å². The molecule has 3 nitrogen and oxygen atoms in total. The number of carbonyl (C=O) groups excluding carboxylic acids is 1. The Labute approximate surface area is 63.9 Å². The van der Waals surface area contributed by atoms with Crippen LogP contribution in [0.1, 0.15) is 0 Å². The van der Waals surface area contributed by atoms with Crippen molar-refractivity contribution in [1.29, 1.82) is 0 Å². The Morgan fingerprint density at radius 1 is 1.60 bits per heavy atom. The Morgan fingerprint density at radius 3 is 2.30 bits per heavy atom. The normalized spacial score (nSPS) is 24.8. The molecule has 0 saturated carbocycles. The molecule has 0 saturated heterocycles. The molecular formula is C6H8ClNO2. The van der Waals surface area contributed by atoms with E-state index in [1.54, 1.807) is 19.0 Å². The van der Waals surface area contributed by atoms with Crippen molar-refractivity contribution in [3.05, 3.63) is 10.7 Å². The molecule has 1 aliphatic rings. The molecule has 0 heterocycles. The predicted octanol–water partition coefficient (Wildman–Crippen LogP) is -0.0580. The third-order valence-electron chi connectivity index (χ3n) is 1.43. The van der Waals surface area contributed by atoms with Crippen LogP contribution in [0.2, 0.25) is 0 Å². The molecule has 1 aliphatic carbocycles. The Bertz CT molecular complexity index is 210. The summed E-state index contributed by atoms with van der Waals surface area (Å²) >= 11 is 5.48. The van der Waals surface area contributed by atoms with Gasteiger partial charge in [0.25, 0.3) is 0 Å². The van der Waals surface area contributed by atoms with Crippen molar-refractivity contribution in [2.75, 3.05) is 14.1 Å². The molecule has 56 valence electrons. The van der Waals surface area contributed by atoms with E-state index in [0.717, 1.165) is 0 Å². The molecule has 0 aliphatic heterocycles. The van der Waals surface area contributed by atoms with E-state index in [-0.39, 0.29) is 10.8 Å². The number of hydrogen-bond acceptors (Lipinski definition) is 3. The fourth-order valence-corrected chi connectivity index (χ4v) is 1.23. The quantitative estimate of drug-likeness (QED) is 0.586. The van der Waals surface area contributed by atoms with Crippen LogP contribution in [0.3, 0.4) is 0 Å². The second-order valence-electron chi connectivity index (χ2n) is 2.36. The summed E-state index contributed by atoms with van der Waals surface area (Å²) in [4.78, 5) is 12.2. The van der Waals surface area contributed by atoms with Gasteiger partial charge >= 0.3 is 0 Å². The molecule has 0 bridgehead atoms. The number of ketones is 1. The van der Waals surface area contributed by atoms with Crippen molar-refractivity contribution in [1.82, 2.24) is 4.90 Å². The van der Waals surface area contributed by atoms with Crippen molar-refractivity contribution in [3.63, 3.8) is 0 Å². The summed E-state index contributed by atoms with van der Waals surface area (Å²) in [5.74, 6) is -0.384. The Balaban J connectivity index is 2.88. The van der Waals surface area contributed by atoms with Crippen molar-refractivity contribution >= 4 is 17.4 Å². The van der Waals surface area contributed by atoms with E-state index in [1.807, 2.05) is 0 Å². The lowest BCUT2D eigenvalue weighted by molar-refractivity contribution is -0.124. The highest BCUT2D eigenvalue weighted by Gasteiger charge is 2.37. The Hall–Kier alpha value is -0.540. The summed E-state index contributed by atoms with van der Waals surface area (Å²) in [5, 5.41) is 9.13. The largest absolute Gasteiger partial charge is 0.379 e. The average molecular weight is 162 g/mol. The maximum absolute atomic E-state index is 10.6. The van der Waals surface area contributed by atoms with Gasteiger partial charge < -0.3 is 10.0 Å². The van der Waals surface area contributed by atoms with Gasteiger partial charge in [0.1, 0.15) is 5.03 Å². The summed E-state index contributed by atoms with van der Waals surface area (Å²) in [6.07, 6.45) is -0.998. The fourth-order valence-electron chi connectivity index (χ4n) is 0.854. The second-order valence-corrected chi connectivity index (χ2v) is 2.74. The highest BCUT2D eigenvalue weighted by atomic mass is 35.5. The lowest BCUT2D eigenvalue weighted by Gasteiger charge is -2.29. The molecule has 0 aromatic rings. The minimum absolute atomic E-state index is 0.150. The van der Waals surface area contributed by atoms with Gasteiger partial charge in [-0.2, -0.15) is 0 Å². The highest BCUT2D eigenvalue weighted by Crippen LogP contribution is 2.28. The van der Waals surface area contributed by atoms with Crippen LogP contribution in [0.5, 0.6) is 0 Å². The predicted molar refractivity (Wildman–Crippen MR) is 37.6 cm³/mol. The molecule has 0 amide bonds. The smallest absolute Gasteiger partial charge is 0.210 e. The third-order valence-corrected chi connectivity index (χ3v) is 1.81. The van der Waals surface area contributed by atoms with E-state index < -0.39 is 6.10 Å². The summed E-state index contributed by atoms with van der Waals surface area (Å²) in [6.45, 7) is 0. The number of hydrogen-bond donors (Lipinski definition) is 1. The Kier molecular flexibility index (Phi) is 1.70. The maximum atomic E-state index is 10.6. The van der Waals surface area contributed by atoms with Gasteiger partial charge in [-0.1, -0.05) is 11.6 Å². The number of halogens is 1. The number of aliphatic hydroxyl groups excluding tert-OH is 1. The topological polar surface area (TPSA) is 40.5 Å². The standard InChI is InChI=1S/C6H8ClNO2/c1-8(2)4-3(7)5(9)6(4)10/h6,10H,1-2H3. The van der Waals surface area contributed by atoms with Crippen molar-refractivity contribution in [3.8, 4) is 0 Å². The van der Waals surface area contributed by atoms with Gasteiger partial charge in [0, 0.05) is 14.1 Å². The lowest BCUT2D eigenvalue weighted by Crippen LogP contribution is -2.40. The fraction of sp³-hybridized carbons (Fsp3) is 0.500. The number of carbonyl (C=O) groups is 1. The number of rotatable bonds is 1. The van der Waals surface area contributed by atoms with Crippen molar-refractivity contribution < 1.29 is 9.90 Å².